The summed E-state index contributed by atoms with van der Waals surface area (Å²) in [6.45, 7) is -0.248. The van der Waals surface area contributed by atoms with Crippen LogP contribution in [0.4, 0.5) is 18.9 Å². The van der Waals surface area contributed by atoms with E-state index in [1.165, 1.54) is 42.5 Å². The van der Waals surface area contributed by atoms with Gasteiger partial charge in [0.05, 0.1) is 11.5 Å². The largest absolute Gasteiger partial charge is 0.418 e. The van der Waals surface area contributed by atoms with Gasteiger partial charge in [0, 0.05) is 11.3 Å². The summed E-state index contributed by atoms with van der Waals surface area (Å²) >= 11 is 0. The minimum atomic E-state index is -4.52. The van der Waals surface area contributed by atoms with Crippen molar-refractivity contribution in [2.75, 3.05) is 5.32 Å². The molecule has 1 atom stereocenters. The third-order valence-electron chi connectivity index (χ3n) is 3.81. The summed E-state index contributed by atoms with van der Waals surface area (Å²) in [5.74, 6) is -0.602. The zero-order valence-electron chi connectivity index (χ0n) is 13.1. The molecule has 6 nitrogen and oxygen atoms in total. The maximum absolute atomic E-state index is 12.9. The Morgan fingerprint density at radius 2 is 1.92 bits per heavy atom. The van der Waals surface area contributed by atoms with E-state index in [1.807, 2.05) is 0 Å². The number of fused-ring (bicyclic) bond motifs is 1. The third kappa shape index (κ3) is 3.71. The van der Waals surface area contributed by atoms with Crippen molar-refractivity contribution in [2.45, 2.75) is 23.8 Å². The first-order chi connectivity index (χ1) is 12.1. The summed E-state index contributed by atoms with van der Waals surface area (Å²) in [4.78, 5) is 12.1. The highest BCUT2D eigenvalue weighted by molar-refractivity contribution is 7.89. The second-order valence-corrected chi connectivity index (χ2v) is 7.23. The molecule has 1 amide bonds. The Kier molecular flexibility index (Phi) is 4.51. The molecule has 0 saturated heterocycles. The minimum Gasteiger partial charge on any atom is -0.359 e. The van der Waals surface area contributed by atoms with E-state index in [1.54, 1.807) is 0 Å². The molecule has 0 aromatic heterocycles. The predicted octanol–water partition coefficient (Wildman–Crippen LogP) is 2.72. The maximum Gasteiger partial charge on any atom is 0.418 e. The van der Waals surface area contributed by atoms with E-state index in [4.69, 9.17) is 9.88 Å². The fourth-order valence-corrected chi connectivity index (χ4v) is 3.18. The lowest BCUT2D eigenvalue weighted by Crippen LogP contribution is -2.20. The van der Waals surface area contributed by atoms with E-state index < -0.39 is 28.2 Å². The van der Waals surface area contributed by atoms with Crippen LogP contribution in [-0.4, -0.2) is 20.5 Å². The van der Waals surface area contributed by atoms with E-state index in [9.17, 15) is 26.4 Å². The first-order valence-electron chi connectivity index (χ1n) is 7.31. The highest BCUT2D eigenvalue weighted by atomic mass is 32.2. The van der Waals surface area contributed by atoms with Crippen LogP contribution in [0.25, 0.3) is 0 Å². The van der Waals surface area contributed by atoms with E-state index in [-0.39, 0.29) is 33.9 Å². The van der Waals surface area contributed by atoms with Crippen LogP contribution in [0.2, 0.25) is 0 Å². The zero-order valence-corrected chi connectivity index (χ0v) is 13.9. The number of rotatable bonds is 3. The number of nitrogens with one attached hydrogen (secondary N) is 1. The fourth-order valence-electron chi connectivity index (χ4n) is 2.62. The average Bonchev–Trinajstić information content (AvgIpc) is 2.97. The molecule has 0 bridgehead atoms. The molecule has 1 aliphatic rings. The molecule has 0 saturated carbocycles. The van der Waals surface area contributed by atoms with E-state index in [0.29, 0.717) is 0 Å². The highest BCUT2D eigenvalue weighted by Crippen LogP contribution is 2.42. The average molecular weight is 386 g/mol. The standard InChI is InChI=1S/C16H13F3N2O4S/c17-16(18,19)14-13-5-4-9(6-10(13)8-25-14)15(22)21-11-2-1-3-12(7-11)26(20,23)24/h1-7,14H,8H2,(H,21,22)(H2,20,23,24). The van der Waals surface area contributed by atoms with Crippen molar-refractivity contribution in [1.82, 2.24) is 0 Å². The summed E-state index contributed by atoms with van der Waals surface area (Å²) in [5.41, 5.74) is 0.561. The number of alkyl halides is 3. The van der Waals surface area contributed by atoms with Gasteiger partial charge in [-0.05, 0) is 41.5 Å². The molecule has 2 aromatic carbocycles. The van der Waals surface area contributed by atoms with Crippen LogP contribution in [0, 0.1) is 0 Å². The Labute approximate surface area is 146 Å². The summed E-state index contributed by atoms with van der Waals surface area (Å²) in [5, 5.41) is 7.51. The Morgan fingerprint density at radius 1 is 1.19 bits per heavy atom. The lowest BCUT2D eigenvalue weighted by atomic mass is 10.0. The monoisotopic (exact) mass is 386 g/mol. The first kappa shape index (κ1) is 18.4. The lowest BCUT2D eigenvalue weighted by molar-refractivity contribution is -0.219. The van der Waals surface area contributed by atoms with Crippen LogP contribution in [-0.2, 0) is 21.4 Å². The van der Waals surface area contributed by atoms with Crippen molar-refractivity contribution < 1.29 is 31.1 Å². The SMILES string of the molecule is NS(=O)(=O)c1cccc(NC(=O)c2ccc3c(c2)COC3C(F)(F)F)c1. The number of sulfonamides is 1. The van der Waals surface area contributed by atoms with Gasteiger partial charge in [0.2, 0.25) is 10.0 Å². The molecule has 10 heteroatoms. The normalized spacial score (nSPS) is 17.0. The van der Waals surface area contributed by atoms with Crippen molar-refractivity contribution in [3.8, 4) is 0 Å². The molecule has 0 radical (unpaired) electrons. The number of carbonyl (C=O) groups excluding carboxylic acids is 1. The molecule has 1 heterocycles. The van der Waals surface area contributed by atoms with E-state index in [0.717, 1.165) is 0 Å². The number of hydrogen-bond acceptors (Lipinski definition) is 4. The Morgan fingerprint density at radius 3 is 2.58 bits per heavy atom. The first-order valence-corrected chi connectivity index (χ1v) is 8.86. The van der Waals surface area contributed by atoms with Crippen LogP contribution < -0.4 is 10.5 Å². The topological polar surface area (TPSA) is 98.5 Å². The Bertz CT molecular complexity index is 974. The second-order valence-electron chi connectivity index (χ2n) is 5.67. The van der Waals surface area contributed by atoms with Gasteiger partial charge >= 0.3 is 6.18 Å². The summed E-state index contributed by atoms with van der Waals surface area (Å²) < 4.78 is 66.0. The molecule has 0 fully saturated rings. The van der Waals surface area contributed by atoms with Crippen molar-refractivity contribution in [3.05, 3.63) is 59.2 Å². The smallest absolute Gasteiger partial charge is 0.359 e. The summed E-state index contributed by atoms with van der Waals surface area (Å²) in [7, 11) is -3.93. The van der Waals surface area contributed by atoms with Crippen LogP contribution in [0.15, 0.2) is 47.4 Å². The molecule has 138 valence electrons. The number of amides is 1. The molecule has 0 spiro atoms. The van der Waals surface area contributed by atoms with Crippen molar-refractivity contribution in [2.24, 2.45) is 5.14 Å². The zero-order chi connectivity index (χ0) is 19.1. The van der Waals surface area contributed by atoms with Gasteiger partial charge in [-0.1, -0.05) is 12.1 Å². The highest BCUT2D eigenvalue weighted by Gasteiger charge is 2.45. The number of hydrogen-bond donors (Lipinski definition) is 2. The molecular formula is C16H13F3N2O4S. The van der Waals surface area contributed by atoms with Gasteiger partial charge in [0.15, 0.2) is 6.10 Å². The number of carbonyl (C=O) groups is 1. The molecule has 1 aliphatic heterocycles. The maximum atomic E-state index is 12.9. The number of benzene rings is 2. The number of halogens is 3. The van der Waals surface area contributed by atoms with E-state index in [2.05, 4.69) is 5.32 Å². The van der Waals surface area contributed by atoms with Crippen molar-refractivity contribution in [1.29, 1.82) is 0 Å². The quantitative estimate of drug-likeness (QED) is 0.847. The Hall–Kier alpha value is -2.43. The van der Waals surface area contributed by atoms with Crippen molar-refractivity contribution in [3.63, 3.8) is 0 Å². The molecule has 0 aliphatic carbocycles. The van der Waals surface area contributed by atoms with Gasteiger partial charge in [-0.15, -0.1) is 0 Å². The fraction of sp³-hybridized carbons (Fsp3) is 0.188. The molecular weight excluding hydrogens is 373 g/mol. The van der Waals surface area contributed by atoms with Gasteiger partial charge in [-0.2, -0.15) is 13.2 Å². The van der Waals surface area contributed by atoms with Crippen LogP contribution in [0.5, 0.6) is 0 Å². The third-order valence-corrected chi connectivity index (χ3v) is 4.72. The molecule has 3 rings (SSSR count). The summed E-state index contributed by atoms with van der Waals surface area (Å²) in [6, 6.07) is 9.10. The lowest BCUT2D eigenvalue weighted by Gasteiger charge is -2.15. The van der Waals surface area contributed by atoms with Crippen LogP contribution in [0.3, 0.4) is 0 Å². The molecule has 26 heavy (non-hydrogen) atoms. The number of nitrogens with two attached hydrogens (primary N) is 1. The van der Waals surface area contributed by atoms with Crippen LogP contribution in [0.1, 0.15) is 27.6 Å². The van der Waals surface area contributed by atoms with Gasteiger partial charge in [0.1, 0.15) is 0 Å². The van der Waals surface area contributed by atoms with Gasteiger partial charge < -0.3 is 10.1 Å². The predicted molar refractivity (Wildman–Crippen MR) is 85.8 cm³/mol. The summed E-state index contributed by atoms with van der Waals surface area (Å²) in [6.07, 6.45) is -6.52. The van der Waals surface area contributed by atoms with Gasteiger partial charge in [0.25, 0.3) is 5.91 Å². The second kappa shape index (κ2) is 6.38. The van der Waals surface area contributed by atoms with Gasteiger partial charge in [-0.25, -0.2) is 13.6 Å². The van der Waals surface area contributed by atoms with E-state index >= 15 is 0 Å². The molecule has 1 unspecified atom stereocenters. The van der Waals surface area contributed by atoms with Crippen molar-refractivity contribution >= 4 is 21.6 Å². The van der Waals surface area contributed by atoms with Gasteiger partial charge in [-0.3, -0.25) is 4.79 Å². The number of primary sulfonamides is 1. The minimum absolute atomic E-state index is 0.0229. The molecule has 2 aromatic rings. The van der Waals surface area contributed by atoms with Crippen LogP contribution >= 0.6 is 0 Å². The molecule has 3 N–H and O–H groups in total. The number of anilines is 1. The Balaban J connectivity index is 1.82. The number of ether oxygens (including phenoxy) is 1.